The highest BCUT2D eigenvalue weighted by Crippen LogP contribution is 2.14. The maximum atomic E-state index is 12.8. The maximum Gasteiger partial charge on any atom is 0.306 e. The number of allylic oxidation sites excluding steroid dienone is 19. The molecule has 0 aromatic rings. The van der Waals surface area contributed by atoms with E-state index >= 15 is 0 Å². The lowest BCUT2D eigenvalue weighted by molar-refractivity contribution is -0.162. The van der Waals surface area contributed by atoms with Crippen molar-refractivity contribution >= 4 is 11.9 Å². The molecule has 0 rings (SSSR count). The Balaban J connectivity index is 4.49. The molecule has 0 saturated carbocycles. The van der Waals surface area contributed by atoms with E-state index in [2.05, 4.69) is 142 Å². The van der Waals surface area contributed by atoms with Gasteiger partial charge in [0.15, 0.2) is 6.10 Å². The third-order valence-electron chi connectivity index (χ3n) is 10.0. The van der Waals surface area contributed by atoms with Gasteiger partial charge in [0.2, 0.25) is 0 Å². The van der Waals surface area contributed by atoms with Gasteiger partial charge in [-0.2, -0.15) is 0 Å². The molecule has 0 spiro atoms. The first kappa shape index (κ1) is 58.3. The van der Waals surface area contributed by atoms with Gasteiger partial charge in [-0.25, -0.2) is 0 Å². The van der Waals surface area contributed by atoms with Crippen molar-refractivity contribution in [3.05, 3.63) is 122 Å². The predicted molar refractivity (Wildman–Crippen MR) is 269 cm³/mol. The van der Waals surface area contributed by atoms with Crippen LogP contribution in [0, 0.1) is 0 Å². The lowest BCUT2D eigenvalue weighted by atomic mass is 10.0. The molecule has 0 heterocycles. The first-order chi connectivity index (χ1) is 30.6. The number of ether oxygens (including phenoxy) is 3. The zero-order chi connectivity index (χ0) is 44.9. The van der Waals surface area contributed by atoms with Crippen LogP contribution in [0.25, 0.3) is 0 Å². The van der Waals surface area contributed by atoms with Crippen LogP contribution in [0.1, 0.15) is 201 Å². The molecule has 1 unspecified atom stereocenters. The van der Waals surface area contributed by atoms with Crippen LogP contribution in [0.2, 0.25) is 0 Å². The SMILES string of the molecule is CC/C=C\C/C=C\C/C=C\C/C=C\C/C=C\CCCC(=O)OCC(COCC/C=C\C/C=C\C/C=C\C/C=C\C/C=C\CC)OC(=O)CCCCCCCCCCCCCCC. The molecule has 0 amide bonds. The second-order valence-corrected chi connectivity index (χ2v) is 16.0. The smallest absolute Gasteiger partial charge is 0.306 e. The summed E-state index contributed by atoms with van der Waals surface area (Å²) in [5.74, 6) is -0.511. The Morgan fingerprint density at radius 3 is 1.15 bits per heavy atom. The van der Waals surface area contributed by atoms with Crippen LogP contribution >= 0.6 is 0 Å². The second-order valence-electron chi connectivity index (χ2n) is 16.0. The van der Waals surface area contributed by atoms with E-state index < -0.39 is 6.10 Å². The molecule has 0 fully saturated rings. The van der Waals surface area contributed by atoms with Crippen LogP contribution in [-0.4, -0.2) is 37.9 Å². The van der Waals surface area contributed by atoms with Gasteiger partial charge in [0, 0.05) is 12.8 Å². The summed E-state index contributed by atoms with van der Waals surface area (Å²) < 4.78 is 17.2. The molecule has 1 atom stereocenters. The molecule has 5 nitrogen and oxygen atoms in total. The molecule has 0 bridgehead atoms. The van der Waals surface area contributed by atoms with Crippen LogP contribution in [0.3, 0.4) is 0 Å². The minimum absolute atomic E-state index is 0.0204. The predicted octanol–water partition coefficient (Wildman–Crippen LogP) is 17.0. The van der Waals surface area contributed by atoms with Gasteiger partial charge in [-0.05, 0) is 89.9 Å². The summed E-state index contributed by atoms with van der Waals surface area (Å²) in [6.45, 7) is 7.32. The number of rotatable bonds is 44. The third-order valence-corrected chi connectivity index (χ3v) is 10.0. The standard InChI is InChI=1S/C57H92O5/c1-4-7-10-13-16-19-22-25-27-29-30-33-35-38-41-44-47-50-56(58)61-54-55(62-57(59)51-48-45-42-39-36-32-24-21-18-15-12-9-6-3)53-60-52-49-46-43-40-37-34-31-28-26-23-20-17-14-11-8-5-2/h7-8,10-11,16-17,19-20,25-28,30,33-34,37-38,41,43,46,55H,4-6,9,12-15,18,21-24,29,31-32,35-36,39-40,42,44-45,47-54H2,1-3H3/b10-7-,11-8-,19-16-,20-17-,27-25-,28-26-,33-30-,37-34-,41-38-,46-43-. The summed E-state index contributed by atoms with van der Waals surface area (Å²) in [5.41, 5.74) is 0. The van der Waals surface area contributed by atoms with Gasteiger partial charge in [-0.15, -0.1) is 0 Å². The Labute approximate surface area is 382 Å². The van der Waals surface area contributed by atoms with Crippen LogP contribution in [0.4, 0.5) is 0 Å². The molecule has 62 heavy (non-hydrogen) atoms. The van der Waals surface area contributed by atoms with Crippen molar-refractivity contribution in [3.8, 4) is 0 Å². The van der Waals surface area contributed by atoms with Gasteiger partial charge in [0.1, 0.15) is 6.61 Å². The molecule has 0 radical (unpaired) electrons. The van der Waals surface area contributed by atoms with E-state index in [1.165, 1.54) is 64.2 Å². The van der Waals surface area contributed by atoms with Crippen molar-refractivity contribution in [2.24, 2.45) is 0 Å². The first-order valence-corrected chi connectivity index (χ1v) is 25.1. The molecule has 0 aromatic carbocycles. The number of hydrogen-bond acceptors (Lipinski definition) is 5. The number of unbranched alkanes of at least 4 members (excludes halogenated alkanes) is 13. The third kappa shape index (κ3) is 49.0. The zero-order valence-electron chi connectivity index (χ0n) is 40.1. The molecular weight excluding hydrogens is 765 g/mol. The number of esters is 2. The second kappa shape index (κ2) is 51.6. The molecule has 0 aliphatic rings. The normalized spacial score (nSPS) is 13.3. The molecule has 0 aliphatic carbocycles. The molecule has 0 N–H and O–H groups in total. The fraction of sp³-hybridized carbons (Fsp3) is 0.614. The number of carbonyl (C=O) groups excluding carboxylic acids is 2. The highest BCUT2D eigenvalue weighted by Gasteiger charge is 2.17. The van der Waals surface area contributed by atoms with Gasteiger partial charge in [0.05, 0.1) is 13.2 Å². The monoisotopic (exact) mass is 857 g/mol. The molecular formula is C57H92O5. The lowest BCUT2D eigenvalue weighted by Crippen LogP contribution is -2.30. The summed E-state index contributed by atoms with van der Waals surface area (Å²) in [5, 5.41) is 0. The molecule has 5 heteroatoms. The molecule has 0 aromatic heterocycles. The van der Waals surface area contributed by atoms with Crippen LogP contribution < -0.4 is 0 Å². The summed E-state index contributed by atoms with van der Waals surface area (Å²) in [6.07, 6.45) is 72.3. The average Bonchev–Trinajstić information content (AvgIpc) is 3.27. The van der Waals surface area contributed by atoms with Gasteiger partial charge >= 0.3 is 11.9 Å². The van der Waals surface area contributed by atoms with E-state index in [0.29, 0.717) is 19.4 Å². The van der Waals surface area contributed by atoms with E-state index in [0.717, 1.165) is 103 Å². The summed E-state index contributed by atoms with van der Waals surface area (Å²) >= 11 is 0. The Morgan fingerprint density at radius 2 is 0.726 bits per heavy atom. The fourth-order valence-corrected chi connectivity index (χ4v) is 6.37. The maximum absolute atomic E-state index is 12.8. The van der Waals surface area contributed by atoms with Crippen molar-refractivity contribution in [3.63, 3.8) is 0 Å². The highest BCUT2D eigenvalue weighted by molar-refractivity contribution is 5.70. The van der Waals surface area contributed by atoms with E-state index in [9.17, 15) is 9.59 Å². The fourth-order valence-electron chi connectivity index (χ4n) is 6.37. The van der Waals surface area contributed by atoms with Gasteiger partial charge in [-0.1, -0.05) is 219 Å². The van der Waals surface area contributed by atoms with Crippen molar-refractivity contribution in [1.82, 2.24) is 0 Å². The molecule has 0 aliphatic heterocycles. The molecule has 0 saturated heterocycles. The van der Waals surface area contributed by atoms with Crippen LogP contribution in [-0.2, 0) is 23.8 Å². The first-order valence-electron chi connectivity index (χ1n) is 25.1. The summed E-state index contributed by atoms with van der Waals surface area (Å²) in [4.78, 5) is 25.3. The Morgan fingerprint density at radius 1 is 0.371 bits per heavy atom. The minimum atomic E-state index is -0.604. The number of hydrogen-bond donors (Lipinski definition) is 0. The molecule has 350 valence electrons. The average molecular weight is 857 g/mol. The topological polar surface area (TPSA) is 61.8 Å². The Kier molecular flexibility index (Phi) is 48.6. The van der Waals surface area contributed by atoms with E-state index in [1.54, 1.807) is 0 Å². The van der Waals surface area contributed by atoms with E-state index in [-0.39, 0.29) is 25.2 Å². The summed E-state index contributed by atoms with van der Waals surface area (Å²) in [7, 11) is 0. The summed E-state index contributed by atoms with van der Waals surface area (Å²) in [6, 6.07) is 0. The largest absolute Gasteiger partial charge is 0.462 e. The van der Waals surface area contributed by atoms with Gasteiger partial charge in [-0.3, -0.25) is 9.59 Å². The Hall–Kier alpha value is -3.70. The number of carbonyl (C=O) groups is 2. The zero-order valence-corrected chi connectivity index (χ0v) is 40.1. The quantitative estimate of drug-likeness (QED) is 0.0347. The lowest BCUT2D eigenvalue weighted by Gasteiger charge is -2.18. The van der Waals surface area contributed by atoms with E-state index in [1.807, 2.05) is 0 Å². The van der Waals surface area contributed by atoms with Crippen molar-refractivity contribution < 1.29 is 23.8 Å². The van der Waals surface area contributed by atoms with E-state index in [4.69, 9.17) is 14.2 Å². The Bertz CT molecular complexity index is 1290. The van der Waals surface area contributed by atoms with Crippen LogP contribution in [0.5, 0.6) is 0 Å². The van der Waals surface area contributed by atoms with Gasteiger partial charge < -0.3 is 14.2 Å². The highest BCUT2D eigenvalue weighted by atomic mass is 16.6. The van der Waals surface area contributed by atoms with Crippen molar-refractivity contribution in [1.29, 1.82) is 0 Å². The van der Waals surface area contributed by atoms with Crippen molar-refractivity contribution in [2.75, 3.05) is 19.8 Å². The van der Waals surface area contributed by atoms with Crippen LogP contribution in [0.15, 0.2) is 122 Å². The van der Waals surface area contributed by atoms with Gasteiger partial charge in [0.25, 0.3) is 0 Å². The van der Waals surface area contributed by atoms with Crippen molar-refractivity contribution in [2.45, 2.75) is 207 Å². The minimum Gasteiger partial charge on any atom is -0.462 e.